The molecule has 0 spiro atoms. The number of nitrogens with zero attached hydrogens (tertiary/aromatic N) is 1. The maximum absolute atomic E-state index is 12.3. The molecule has 7 heteroatoms. The Labute approximate surface area is 153 Å². The van der Waals surface area contributed by atoms with Crippen LogP contribution in [0.1, 0.15) is 28.8 Å². The molecular weight excluding hydrogens is 352 g/mol. The predicted molar refractivity (Wildman–Crippen MR) is 101 cm³/mol. The average molecular weight is 374 g/mol. The molecule has 0 aliphatic carbocycles. The number of ketones is 1. The summed E-state index contributed by atoms with van der Waals surface area (Å²) in [6.45, 7) is 1.69. The van der Waals surface area contributed by atoms with Gasteiger partial charge in [0, 0.05) is 38.2 Å². The molecule has 1 N–H and O–H groups in total. The van der Waals surface area contributed by atoms with Crippen molar-refractivity contribution in [1.29, 1.82) is 0 Å². The van der Waals surface area contributed by atoms with E-state index >= 15 is 0 Å². The quantitative estimate of drug-likeness (QED) is 0.756. The Morgan fingerprint density at radius 3 is 2.27 bits per heavy atom. The zero-order chi connectivity index (χ0) is 19.3. The molecule has 2 rings (SSSR count). The van der Waals surface area contributed by atoms with E-state index in [1.165, 1.54) is 20.2 Å². The zero-order valence-electron chi connectivity index (χ0n) is 15.0. The number of hydrogen-bond acceptors (Lipinski definition) is 4. The normalized spacial score (nSPS) is 11.4. The second kappa shape index (κ2) is 8.25. The molecule has 0 saturated heterocycles. The maximum atomic E-state index is 12.3. The summed E-state index contributed by atoms with van der Waals surface area (Å²) in [6, 6.07) is 13.5. The molecule has 2 aromatic rings. The van der Waals surface area contributed by atoms with Gasteiger partial charge in [-0.3, -0.25) is 9.59 Å². The Bertz CT molecular complexity index is 906. The van der Waals surface area contributed by atoms with Crippen molar-refractivity contribution in [3.63, 3.8) is 0 Å². The Kier molecular flexibility index (Phi) is 6.28. The van der Waals surface area contributed by atoms with Crippen molar-refractivity contribution < 1.29 is 18.0 Å². The highest BCUT2D eigenvalue weighted by atomic mass is 32.2. The van der Waals surface area contributed by atoms with Crippen LogP contribution >= 0.6 is 0 Å². The first-order valence-corrected chi connectivity index (χ1v) is 9.57. The SMILES string of the molecule is Cc1ccc(NC(=O)CCC(=O)c2ccccc2)cc1S(=O)(=O)N(C)C. The summed E-state index contributed by atoms with van der Waals surface area (Å²) in [7, 11) is -0.693. The number of carbonyl (C=O) groups is 2. The average Bonchev–Trinajstić information content (AvgIpc) is 2.61. The molecule has 138 valence electrons. The van der Waals surface area contributed by atoms with E-state index < -0.39 is 10.0 Å². The molecule has 26 heavy (non-hydrogen) atoms. The van der Waals surface area contributed by atoms with Crippen molar-refractivity contribution in [3.8, 4) is 0 Å². The molecule has 0 aromatic heterocycles. The molecule has 0 saturated carbocycles. The van der Waals surface area contributed by atoms with Crippen LogP contribution in [-0.2, 0) is 14.8 Å². The minimum atomic E-state index is -3.60. The van der Waals surface area contributed by atoms with Gasteiger partial charge < -0.3 is 5.32 Å². The monoisotopic (exact) mass is 374 g/mol. The first-order valence-electron chi connectivity index (χ1n) is 8.13. The van der Waals surface area contributed by atoms with Gasteiger partial charge in [0.1, 0.15) is 0 Å². The Hall–Kier alpha value is -2.51. The fourth-order valence-electron chi connectivity index (χ4n) is 2.37. The fourth-order valence-corrected chi connectivity index (χ4v) is 3.52. The molecule has 0 atom stereocenters. The first kappa shape index (κ1) is 19.8. The van der Waals surface area contributed by atoms with Crippen LogP contribution in [-0.4, -0.2) is 38.5 Å². The fraction of sp³-hybridized carbons (Fsp3) is 0.263. The summed E-state index contributed by atoms with van der Waals surface area (Å²) in [6.07, 6.45) is 0.113. The van der Waals surface area contributed by atoms with Crippen molar-refractivity contribution in [3.05, 3.63) is 59.7 Å². The summed E-state index contributed by atoms with van der Waals surface area (Å²) < 4.78 is 25.8. The number of rotatable bonds is 7. The van der Waals surface area contributed by atoms with Crippen LogP contribution < -0.4 is 5.32 Å². The third-order valence-electron chi connectivity index (χ3n) is 3.91. The number of amides is 1. The van der Waals surface area contributed by atoms with Crippen molar-refractivity contribution >= 4 is 27.4 Å². The standard InChI is InChI=1S/C19H22N2O4S/c1-14-9-10-16(13-18(14)26(24,25)21(2)3)20-19(23)12-11-17(22)15-7-5-4-6-8-15/h4-10,13H,11-12H2,1-3H3,(H,20,23). The van der Waals surface area contributed by atoms with Crippen LogP contribution in [0.5, 0.6) is 0 Å². The highest BCUT2D eigenvalue weighted by molar-refractivity contribution is 7.89. The van der Waals surface area contributed by atoms with Gasteiger partial charge in [-0.1, -0.05) is 36.4 Å². The zero-order valence-corrected chi connectivity index (χ0v) is 15.8. The van der Waals surface area contributed by atoms with E-state index in [2.05, 4.69) is 5.32 Å². The van der Waals surface area contributed by atoms with Crippen LogP contribution in [0.25, 0.3) is 0 Å². The lowest BCUT2D eigenvalue weighted by Gasteiger charge is -2.15. The Morgan fingerprint density at radius 2 is 1.65 bits per heavy atom. The molecule has 0 heterocycles. The third kappa shape index (κ3) is 4.77. The van der Waals surface area contributed by atoms with Gasteiger partial charge >= 0.3 is 0 Å². The van der Waals surface area contributed by atoms with Gasteiger partial charge in [-0.25, -0.2) is 12.7 Å². The van der Waals surface area contributed by atoms with Crippen LogP contribution in [0.15, 0.2) is 53.4 Å². The lowest BCUT2D eigenvalue weighted by molar-refractivity contribution is -0.116. The lowest BCUT2D eigenvalue weighted by Crippen LogP contribution is -2.23. The van der Waals surface area contributed by atoms with Crippen LogP contribution in [0.2, 0.25) is 0 Å². The van der Waals surface area contributed by atoms with E-state index in [-0.39, 0.29) is 29.4 Å². The number of anilines is 1. The van der Waals surface area contributed by atoms with Gasteiger partial charge in [0.2, 0.25) is 15.9 Å². The summed E-state index contributed by atoms with van der Waals surface area (Å²) in [4.78, 5) is 24.3. The Morgan fingerprint density at radius 1 is 1.00 bits per heavy atom. The number of sulfonamides is 1. The van der Waals surface area contributed by atoms with Gasteiger partial charge in [0.25, 0.3) is 0 Å². The van der Waals surface area contributed by atoms with Crippen molar-refractivity contribution in [2.75, 3.05) is 19.4 Å². The summed E-state index contributed by atoms with van der Waals surface area (Å²) in [5.74, 6) is -0.452. The van der Waals surface area contributed by atoms with Crippen molar-refractivity contribution in [1.82, 2.24) is 4.31 Å². The largest absolute Gasteiger partial charge is 0.326 e. The highest BCUT2D eigenvalue weighted by Gasteiger charge is 2.20. The van der Waals surface area contributed by atoms with E-state index in [1.54, 1.807) is 43.3 Å². The van der Waals surface area contributed by atoms with E-state index in [0.717, 1.165) is 4.31 Å². The van der Waals surface area contributed by atoms with Gasteiger partial charge in [-0.2, -0.15) is 0 Å². The smallest absolute Gasteiger partial charge is 0.242 e. The molecule has 0 bridgehead atoms. The molecule has 6 nitrogen and oxygen atoms in total. The van der Waals surface area contributed by atoms with Crippen LogP contribution in [0, 0.1) is 6.92 Å². The first-order chi connectivity index (χ1) is 12.2. The predicted octanol–water partition coefficient (Wildman–Crippen LogP) is 2.85. The van der Waals surface area contributed by atoms with E-state index in [1.807, 2.05) is 6.07 Å². The summed E-state index contributed by atoms with van der Waals surface area (Å²) in [5, 5.41) is 2.65. The lowest BCUT2D eigenvalue weighted by atomic mass is 10.1. The second-order valence-corrected chi connectivity index (χ2v) is 8.23. The van der Waals surface area contributed by atoms with Gasteiger partial charge in [-0.05, 0) is 24.6 Å². The minimum Gasteiger partial charge on any atom is -0.326 e. The summed E-state index contributed by atoms with van der Waals surface area (Å²) >= 11 is 0. The number of benzene rings is 2. The van der Waals surface area contributed by atoms with Crippen LogP contribution in [0.3, 0.4) is 0 Å². The number of carbonyl (C=O) groups excluding carboxylic acids is 2. The van der Waals surface area contributed by atoms with E-state index in [9.17, 15) is 18.0 Å². The summed E-state index contributed by atoms with van der Waals surface area (Å²) in [5.41, 5.74) is 1.54. The molecule has 0 radical (unpaired) electrons. The van der Waals surface area contributed by atoms with Crippen molar-refractivity contribution in [2.24, 2.45) is 0 Å². The highest BCUT2D eigenvalue weighted by Crippen LogP contribution is 2.22. The second-order valence-electron chi connectivity index (χ2n) is 6.11. The van der Waals surface area contributed by atoms with Crippen molar-refractivity contribution in [2.45, 2.75) is 24.7 Å². The number of aryl methyl sites for hydroxylation is 1. The van der Waals surface area contributed by atoms with Gasteiger partial charge in [-0.15, -0.1) is 0 Å². The Balaban J connectivity index is 2.05. The topological polar surface area (TPSA) is 83.5 Å². The number of hydrogen-bond donors (Lipinski definition) is 1. The molecule has 2 aromatic carbocycles. The number of Topliss-reactive ketones (excluding diaryl/α,β-unsaturated/α-hetero) is 1. The molecule has 0 aliphatic heterocycles. The molecule has 0 fully saturated rings. The van der Waals surface area contributed by atoms with Gasteiger partial charge in [0.05, 0.1) is 4.90 Å². The maximum Gasteiger partial charge on any atom is 0.242 e. The molecule has 0 aliphatic rings. The van der Waals surface area contributed by atoms with Gasteiger partial charge in [0.15, 0.2) is 5.78 Å². The number of nitrogens with one attached hydrogen (secondary N) is 1. The molecule has 0 unspecified atom stereocenters. The van der Waals surface area contributed by atoms with E-state index in [4.69, 9.17) is 0 Å². The molecule has 1 amide bonds. The molecular formula is C19H22N2O4S. The van der Waals surface area contributed by atoms with Crippen LogP contribution in [0.4, 0.5) is 5.69 Å². The third-order valence-corrected chi connectivity index (χ3v) is 5.86. The minimum absolute atomic E-state index is 0.0252. The van der Waals surface area contributed by atoms with E-state index in [0.29, 0.717) is 16.8 Å².